The summed E-state index contributed by atoms with van der Waals surface area (Å²) < 4.78 is 4.85. The lowest BCUT2D eigenvalue weighted by molar-refractivity contribution is -0.154. The zero-order valence-corrected chi connectivity index (χ0v) is 15.5. The first-order valence-corrected chi connectivity index (χ1v) is 10.6. The van der Waals surface area contributed by atoms with Gasteiger partial charge in [0, 0.05) is 0 Å². The van der Waals surface area contributed by atoms with Gasteiger partial charge in [-0.05, 0) is 12.8 Å². The Morgan fingerprint density at radius 1 is 0.875 bits per heavy atom. The van der Waals surface area contributed by atoms with Crippen LogP contribution in [-0.2, 0) is 4.74 Å². The Balaban J connectivity index is 2.13. The molecule has 1 rings (SSSR count). The fourth-order valence-electron chi connectivity index (χ4n) is 2.87. The molecule has 0 aromatic heterocycles. The minimum atomic E-state index is -2.04. The van der Waals surface area contributed by atoms with Gasteiger partial charge in [-0.1, -0.05) is 58.3 Å². The van der Waals surface area contributed by atoms with Gasteiger partial charge in [-0.15, -0.1) is 0 Å². The Morgan fingerprint density at radius 2 is 1.38 bits per heavy atom. The van der Waals surface area contributed by atoms with Gasteiger partial charge in [0.2, 0.25) is 0 Å². The molecule has 1 fully saturated rings. The summed E-state index contributed by atoms with van der Waals surface area (Å²) >= 11 is 0. The average molecular weight is 364 g/mol. The number of hydrogen-bond acceptors (Lipinski definition) is 5. The second-order valence-corrected chi connectivity index (χ2v) is 8.23. The first-order valence-electron chi connectivity index (χ1n) is 9.19. The zero-order valence-electron chi connectivity index (χ0n) is 14.6. The molecule has 0 saturated carbocycles. The van der Waals surface area contributed by atoms with E-state index in [4.69, 9.17) is 4.74 Å². The van der Waals surface area contributed by atoms with E-state index in [1.807, 2.05) is 0 Å². The third-order valence-electron chi connectivity index (χ3n) is 4.46. The first kappa shape index (κ1) is 22.0. The van der Waals surface area contributed by atoms with Gasteiger partial charge in [-0.25, -0.2) is 0 Å². The van der Waals surface area contributed by atoms with E-state index in [1.54, 1.807) is 0 Å². The Morgan fingerprint density at radius 3 is 1.83 bits per heavy atom. The van der Waals surface area contributed by atoms with Gasteiger partial charge < -0.3 is 30.1 Å². The van der Waals surface area contributed by atoms with Gasteiger partial charge in [0.05, 0.1) is 7.77 Å². The number of unbranched alkanes of at least 4 members (excludes halogenated alkanes) is 9. The van der Waals surface area contributed by atoms with Gasteiger partial charge in [-0.3, -0.25) is 0 Å². The zero-order chi connectivity index (χ0) is 17.9. The second-order valence-electron chi connectivity index (χ2n) is 6.57. The van der Waals surface area contributed by atoms with E-state index in [0.29, 0.717) is 6.16 Å². The lowest BCUT2D eigenvalue weighted by Gasteiger charge is -2.12. The van der Waals surface area contributed by atoms with Crippen LogP contribution in [0.25, 0.3) is 0 Å². The minimum absolute atomic E-state index is 0.330. The molecule has 1 heterocycles. The molecule has 6 nitrogen and oxygen atoms in total. The van der Waals surface area contributed by atoms with E-state index in [-0.39, 0.29) is 0 Å². The summed E-state index contributed by atoms with van der Waals surface area (Å²) in [5, 5.41) is 38.2. The van der Waals surface area contributed by atoms with Crippen molar-refractivity contribution in [1.29, 1.82) is 0 Å². The highest BCUT2D eigenvalue weighted by Crippen LogP contribution is 2.26. The van der Waals surface area contributed by atoms with Crippen molar-refractivity contribution in [2.75, 3.05) is 6.16 Å². The normalized spacial score (nSPS) is 28.2. The smallest absolute Gasteiger partial charge is 0.250 e. The molecule has 1 aliphatic heterocycles. The molecule has 7 heteroatoms. The van der Waals surface area contributed by atoms with Crippen molar-refractivity contribution >= 4 is 13.3 Å². The number of aliphatic hydroxyl groups is 4. The van der Waals surface area contributed by atoms with Crippen molar-refractivity contribution < 1.29 is 30.1 Å². The second kappa shape index (κ2) is 12.3. The summed E-state index contributed by atoms with van der Waals surface area (Å²) in [6, 6.07) is 0. The fraction of sp³-hybridized carbons (Fsp3) is 0.941. The molecule has 0 spiro atoms. The molecule has 1 aliphatic rings. The molecular formula is C17H33O6P. The Hall–Kier alpha value is -0.0700. The Kier molecular flexibility index (Phi) is 11.3. The maximum atomic E-state index is 12.0. The molecule has 0 bridgehead atoms. The number of ether oxygens (including phenoxy) is 1. The predicted octanol–water partition coefficient (Wildman–Crippen LogP) is 1.61. The maximum absolute atomic E-state index is 12.0. The predicted molar refractivity (Wildman–Crippen MR) is 93.5 cm³/mol. The van der Waals surface area contributed by atoms with E-state index in [1.165, 1.54) is 44.9 Å². The summed E-state index contributed by atoms with van der Waals surface area (Å²) in [6.45, 7) is 2.21. The molecule has 5 atom stereocenters. The maximum Gasteiger partial charge on any atom is 0.250 e. The molecule has 0 aromatic carbocycles. The summed E-state index contributed by atoms with van der Waals surface area (Å²) in [5.41, 5.74) is -0.468. The highest BCUT2D eigenvalue weighted by Gasteiger charge is 2.46. The van der Waals surface area contributed by atoms with Crippen LogP contribution >= 0.6 is 7.77 Å². The van der Waals surface area contributed by atoms with Crippen molar-refractivity contribution in [2.24, 2.45) is 0 Å². The monoisotopic (exact) mass is 364 g/mol. The highest BCUT2D eigenvalue weighted by molar-refractivity contribution is 7.51. The van der Waals surface area contributed by atoms with Crippen molar-refractivity contribution in [3.63, 3.8) is 0 Å². The van der Waals surface area contributed by atoms with Crippen molar-refractivity contribution in [2.45, 2.75) is 95.7 Å². The molecule has 0 aromatic rings. The van der Waals surface area contributed by atoms with Crippen LogP contribution in [-0.4, -0.2) is 56.7 Å². The third-order valence-corrected chi connectivity index (χ3v) is 5.95. The molecule has 0 radical (unpaired) electrons. The molecular weight excluding hydrogens is 331 g/mol. The van der Waals surface area contributed by atoms with Crippen LogP contribution in [0, 0.1) is 0 Å². The molecule has 1 saturated heterocycles. The lowest BCUT2D eigenvalue weighted by Crippen LogP contribution is -2.36. The summed E-state index contributed by atoms with van der Waals surface area (Å²) in [6.07, 6.45) is 6.27. The van der Waals surface area contributed by atoms with Crippen LogP contribution < -0.4 is 4.89 Å². The quantitative estimate of drug-likeness (QED) is 0.309. The molecule has 0 aliphatic carbocycles. The van der Waals surface area contributed by atoms with E-state index in [2.05, 4.69) is 6.92 Å². The minimum Gasteiger partial charge on any atom is -0.629 e. The van der Waals surface area contributed by atoms with E-state index in [9.17, 15) is 25.3 Å². The largest absolute Gasteiger partial charge is 0.629 e. The molecule has 24 heavy (non-hydrogen) atoms. The molecule has 0 amide bonds. The van der Waals surface area contributed by atoms with Crippen LogP contribution in [0.4, 0.5) is 0 Å². The SMILES string of the molecule is CCCCCCCCCCCC/[P+]([O-])=C(\O)[C@H]1O[C@@H](O)[C@@H](O)[C@@H]1O. The molecule has 4 N–H and O–H groups in total. The van der Waals surface area contributed by atoms with Crippen LogP contribution in [0.2, 0.25) is 0 Å². The van der Waals surface area contributed by atoms with Crippen LogP contribution in [0.3, 0.4) is 0 Å². The number of hydrogen-bond donors (Lipinski definition) is 4. The van der Waals surface area contributed by atoms with E-state index in [0.717, 1.165) is 19.3 Å². The summed E-state index contributed by atoms with van der Waals surface area (Å²) in [4.78, 5) is 12.0. The van der Waals surface area contributed by atoms with Gasteiger partial charge in [0.15, 0.2) is 12.4 Å². The van der Waals surface area contributed by atoms with E-state index >= 15 is 0 Å². The van der Waals surface area contributed by atoms with Crippen molar-refractivity contribution in [1.82, 2.24) is 0 Å². The third kappa shape index (κ3) is 7.44. The summed E-state index contributed by atoms with van der Waals surface area (Å²) in [5.74, 6) is 0. The van der Waals surface area contributed by atoms with Crippen LogP contribution in [0.1, 0.15) is 71.1 Å². The van der Waals surface area contributed by atoms with Gasteiger partial charge >= 0.3 is 0 Å². The Bertz CT molecular complexity index is 376. The standard InChI is InChI=1S/C17H33O6P/c1-2-3-4-5-6-7-8-9-10-11-12-24(22)17(21)15-13(18)14(19)16(20)23-15/h13-16,18-21H,2-12H2,1H3/t13-,14-,15-,16+/m0/s1. The van der Waals surface area contributed by atoms with Gasteiger partial charge in [-0.2, -0.15) is 0 Å². The lowest BCUT2D eigenvalue weighted by atomic mass is 10.1. The molecule has 142 valence electrons. The van der Waals surface area contributed by atoms with Crippen molar-refractivity contribution in [3.05, 3.63) is 0 Å². The Labute approximate surface area is 146 Å². The van der Waals surface area contributed by atoms with Gasteiger partial charge in [0.1, 0.15) is 18.4 Å². The summed E-state index contributed by atoms with van der Waals surface area (Å²) in [7, 11) is -2.04. The number of aliphatic hydroxyl groups excluding tert-OH is 4. The average Bonchev–Trinajstić information content (AvgIpc) is 2.83. The van der Waals surface area contributed by atoms with Crippen LogP contribution in [0.15, 0.2) is 0 Å². The first-order chi connectivity index (χ1) is 11.5. The number of rotatable bonds is 12. The van der Waals surface area contributed by atoms with Crippen LogP contribution in [0.5, 0.6) is 0 Å². The topological polar surface area (TPSA) is 113 Å². The highest BCUT2D eigenvalue weighted by atomic mass is 31.1. The van der Waals surface area contributed by atoms with Gasteiger partial charge in [0.25, 0.3) is 5.48 Å². The molecule has 1 unspecified atom stereocenters. The van der Waals surface area contributed by atoms with E-state index < -0.39 is 37.9 Å². The fourth-order valence-corrected chi connectivity index (χ4v) is 4.11. The van der Waals surface area contributed by atoms with Crippen molar-refractivity contribution in [3.8, 4) is 0 Å².